The molecule has 26 heavy (non-hydrogen) atoms. The smallest absolute Gasteiger partial charge is 0.338 e. The van der Waals surface area contributed by atoms with Crippen molar-refractivity contribution in [1.29, 1.82) is 0 Å². The molecule has 138 valence electrons. The number of ether oxygens (including phenoxy) is 3. The Morgan fingerprint density at radius 3 is 2.54 bits per heavy atom. The monoisotopic (exact) mass is 421 g/mol. The summed E-state index contributed by atoms with van der Waals surface area (Å²) < 4.78 is 16.6. The minimum Gasteiger partial charge on any atom is -0.493 e. The average molecular weight is 422 g/mol. The number of esters is 1. The maximum atomic E-state index is 12.1. The zero-order valence-corrected chi connectivity index (χ0v) is 16.4. The Kier molecular flexibility index (Phi) is 7.03. The van der Waals surface area contributed by atoms with E-state index in [4.69, 9.17) is 14.2 Å². The number of carbonyl (C=O) groups is 2. The number of hydrogen-bond donors (Lipinski definition) is 1. The van der Waals surface area contributed by atoms with Gasteiger partial charge in [-0.2, -0.15) is 0 Å². The molecule has 0 aliphatic rings. The normalized spacial score (nSPS) is 10.2. The van der Waals surface area contributed by atoms with Gasteiger partial charge in [-0.15, -0.1) is 0 Å². The molecule has 0 aliphatic carbocycles. The molecular formula is C19H20BrNO5. The molecular weight excluding hydrogens is 402 g/mol. The van der Waals surface area contributed by atoms with E-state index in [0.717, 1.165) is 10.0 Å². The van der Waals surface area contributed by atoms with Crippen LogP contribution in [0.25, 0.3) is 0 Å². The number of hydrogen-bond acceptors (Lipinski definition) is 5. The van der Waals surface area contributed by atoms with E-state index in [2.05, 4.69) is 21.2 Å². The van der Waals surface area contributed by atoms with Crippen LogP contribution in [0, 0.1) is 6.92 Å². The van der Waals surface area contributed by atoms with Gasteiger partial charge < -0.3 is 19.5 Å². The van der Waals surface area contributed by atoms with E-state index in [0.29, 0.717) is 23.8 Å². The molecule has 2 aromatic rings. The first-order valence-corrected chi connectivity index (χ1v) is 8.77. The lowest BCUT2D eigenvalue weighted by Crippen LogP contribution is -2.21. The molecule has 0 radical (unpaired) electrons. The van der Waals surface area contributed by atoms with Gasteiger partial charge >= 0.3 is 5.97 Å². The van der Waals surface area contributed by atoms with Crippen molar-refractivity contribution in [1.82, 2.24) is 0 Å². The van der Waals surface area contributed by atoms with Gasteiger partial charge in [0.05, 0.1) is 19.3 Å². The molecule has 0 spiro atoms. The van der Waals surface area contributed by atoms with Crippen molar-refractivity contribution in [3.63, 3.8) is 0 Å². The van der Waals surface area contributed by atoms with Crippen LogP contribution < -0.4 is 14.8 Å². The van der Waals surface area contributed by atoms with Gasteiger partial charge in [0, 0.05) is 10.2 Å². The summed E-state index contributed by atoms with van der Waals surface area (Å²) in [6, 6.07) is 10.1. The number of aryl methyl sites for hydroxylation is 1. The van der Waals surface area contributed by atoms with E-state index in [-0.39, 0.29) is 12.2 Å². The second-order valence-corrected chi connectivity index (χ2v) is 6.24. The minimum absolute atomic E-state index is 0.276. The number of nitrogens with one attached hydrogen (secondary N) is 1. The van der Waals surface area contributed by atoms with Crippen LogP contribution >= 0.6 is 15.9 Å². The highest BCUT2D eigenvalue weighted by atomic mass is 79.9. The number of benzene rings is 2. The molecule has 0 unspecified atom stereocenters. The van der Waals surface area contributed by atoms with Crippen molar-refractivity contribution in [3.8, 4) is 11.5 Å². The lowest BCUT2D eigenvalue weighted by atomic mass is 10.2. The molecule has 0 atom stereocenters. The van der Waals surface area contributed by atoms with E-state index in [1.807, 2.05) is 26.0 Å². The third-order valence-corrected chi connectivity index (χ3v) is 4.36. The lowest BCUT2D eigenvalue weighted by Gasteiger charge is -2.11. The summed E-state index contributed by atoms with van der Waals surface area (Å²) in [5.41, 5.74) is 1.90. The third kappa shape index (κ3) is 5.23. The SMILES string of the molecule is CCOc1ccc(C(=O)OCC(=O)Nc2ccc(Br)c(C)c2)cc1OC. The Bertz CT molecular complexity index is 807. The van der Waals surface area contributed by atoms with Crippen molar-refractivity contribution in [3.05, 3.63) is 52.0 Å². The van der Waals surface area contributed by atoms with Crippen LogP contribution in [0.15, 0.2) is 40.9 Å². The molecule has 2 rings (SSSR count). The molecule has 0 fully saturated rings. The van der Waals surface area contributed by atoms with E-state index in [1.54, 1.807) is 18.2 Å². The minimum atomic E-state index is -0.617. The Labute approximate surface area is 160 Å². The first kappa shape index (κ1) is 19.8. The average Bonchev–Trinajstić information content (AvgIpc) is 2.63. The number of carbonyl (C=O) groups excluding carboxylic acids is 2. The van der Waals surface area contributed by atoms with Gasteiger partial charge in [0.1, 0.15) is 0 Å². The van der Waals surface area contributed by atoms with E-state index in [9.17, 15) is 9.59 Å². The van der Waals surface area contributed by atoms with Crippen molar-refractivity contribution in [2.75, 3.05) is 25.6 Å². The largest absolute Gasteiger partial charge is 0.493 e. The number of anilines is 1. The highest BCUT2D eigenvalue weighted by Gasteiger charge is 2.14. The Balaban J connectivity index is 1.95. The summed E-state index contributed by atoms with van der Waals surface area (Å²) in [5, 5.41) is 2.68. The van der Waals surface area contributed by atoms with Crippen LogP contribution in [0.1, 0.15) is 22.8 Å². The molecule has 0 saturated carbocycles. The summed E-state index contributed by atoms with van der Waals surface area (Å²) >= 11 is 3.40. The van der Waals surface area contributed by atoms with Crippen LogP contribution in [0.3, 0.4) is 0 Å². The molecule has 7 heteroatoms. The van der Waals surface area contributed by atoms with E-state index in [1.165, 1.54) is 13.2 Å². The zero-order valence-electron chi connectivity index (χ0n) is 14.8. The Morgan fingerprint density at radius 2 is 1.88 bits per heavy atom. The van der Waals surface area contributed by atoms with Gasteiger partial charge in [0.25, 0.3) is 5.91 Å². The molecule has 6 nitrogen and oxygen atoms in total. The first-order valence-electron chi connectivity index (χ1n) is 7.98. The van der Waals surface area contributed by atoms with Crippen molar-refractivity contribution in [2.45, 2.75) is 13.8 Å². The van der Waals surface area contributed by atoms with Crippen molar-refractivity contribution < 1.29 is 23.8 Å². The standard InChI is InChI=1S/C19H20BrNO5/c1-4-25-16-8-5-13(10-17(16)24-3)19(23)26-11-18(22)21-14-6-7-15(20)12(2)9-14/h5-10H,4,11H2,1-3H3,(H,21,22). The van der Waals surface area contributed by atoms with Gasteiger partial charge in [0.2, 0.25) is 0 Å². The van der Waals surface area contributed by atoms with E-state index >= 15 is 0 Å². The predicted molar refractivity (Wildman–Crippen MR) is 102 cm³/mol. The maximum absolute atomic E-state index is 12.1. The molecule has 0 aliphatic heterocycles. The van der Waals surface area contributed by atoms with Crippen LogP contribution in [-0.2, 0) is 9.53 Å². The highest BCUT2D eigenvalue weighted by Crippen LogP contribution is 2.28. The fraction of sp³-hybridized carbons (Fsp3) is 0.263. The predicted octanol–water partition coefficient (Wildman–Crippen LogP) is 3.96. The van der Waals surface area contributed by atoms with Crippen molar-refractivity contribution >= 4 is 33.5 Å². The third-order valence-electron chi connectivity index (χ3n) is 3.48. The topological polar surface area (TPSA) is 73.9 Å². The summed E-state index contributed by atoms with van der Waals surface area (Å²) in [4.78, 5) is 24.1. The lowest BCUT2D eigenvalue weighted by molar-refractivity contribution is -0.119. The Morgan fingerprint density at radius 1 is 1.12 bits per heavy atom. The second-order valence-electron chi connectivity index (χ2n) is 5.39. The van der Waals surface area contributed by atoms with Gasteiger partial charge in [-0.25, -0.2) is 4.79 Å². The molecule has 2 aromatic carbocycles. The van der Waals surface area contributed by atoms with Gasteiger partial charge in [0.15, 0.2) is 18.1 Å². The van der Waals surface area contributed by atoms with Crippen LogP contribution in [0.2, 0.25) is 0 Å². The summed E-state index contributed by atoms with van der Waals surface area (Å²) in [5.74, 6) is -0.0718. The number of methoxy groups -OCH3 is 1. The Hall–Kier alpha value is -2.54. The highest BCUT2D eigenvalue weighted by molar-refractivity contribution is 9.10. The van der Waals surface area contributed by atoms with Crippen LogP contribution in [-0.4, -0.2) is 32.2 Å². The molecule has 0 aromatic heterocycles. The fourth-order valence-electron chi connectivity index (χ4n) is 2.20. The summed E-state index contributed by atoms with van der Waals surface area (Å²) in [6.45, 7) is 3.87. The molecule has 0 heterocycles. The van der Waals surface area contributed by atoms with Crippen LogP contribution in [0.4, 0.5) is 5.69 Å². The maximum Gasteiger partial charge on any atom is 0.338 e. The summed E-state index contributed by atoms with van der Waals surface area (Å²) in [6.07, 6.45) is 0. The fourth-order valence-corrected chi connectivity index (χ4v) is 2.45. The molecule has 0 saturated heterocycles. The quantitative estimate of drug-likeness (QED) is 0.684. The summed E-state index contributed by atoms with van der Waals surface area (Å²) in [7, 11) is 1.49. The van der Waals surface area contributed by atoms with Gasteiger partial charge in [-0.1, -0.05) is 15.9 Å². The first-order chi connectivity index (χ1) is 12.4. The van der Waals surface area contributed by atoms with Gasteiger partial charge in [-0.05, 0) is 55.8 Å². The van der Waals surface area contributed by atoms with E-state index < -0.39 is 11.9 Å². The number of rotatable bonds is 7. The zero-order chi connectivity index (χ0) is 19.1. The molecule has 1 amide bonds. The van der Waals surface area contributed by atoms with Gasteiger partial charge in [-0.3, -0.25) is 4.79 Å². The van der Waals surface area contributed by atoms with Crippen molar-refractivity contribution in [2.24, 2.45) is 0 Å². The molecule has 0 bridgehead atoms. The number of halogens is 1. The second kappa shape index (κ2) is 9.24. The van der Waals surface area contributed by atoms with Crippen LogP contribution in [0.5, 0.6) is 11.5 Å². The molecule has 1 N–H and O–H groups in total. The number of amides is 1.